The van der Waals surface area contributed by atoms with E-state index in [0.29, 0.717) is 5.56 Å². The zero-order valence-corrected chi connectivity index (χ0v) is 12.0. The highest BCUT2D eigenvalue weighted by Crippen LogP contribution is 2.19. The molecule has 21 heavy (non-hydrogen) atoms. The maximum absolute atomic E-state index is 13.7. The molecule has 0 amide bonds. The molecule has 0 bridgehead atoms. The lowest BCUT2D eigenvalue weighted by molar-refractivity contribution is 0.601. The van der Waals surface area contributed by atoms with Crippen LogP contribution in [0.2, 0.25) is 0 Å². The van der Waals surface area contributed by atoms with E-state index in [4.69, 9.17) is 5.26 Å². The van der Waals surface area contributed by atoms with Crippen LogP contribution in [0.4, 0.5) is 10.2 Å². The summed E-state index contributed by atoms with van der Waals surface area (Å²) in [6, 6.07) is 8.90. The van der Waals surface area contributed by atoms with Crippen molar-refractivity contribution in [3.63, 3.8) is 0 Å². The molecule has 1 aromatic heterocycles. The number of pyridine rings is 1. The van der Waals surface area contributed by atoms with Crippen LogP contribution in [0.15, 0.2) is 41.4 Å². The highest BCUT2D eigenvalue weighted by Gasteiger charge is 2.14. The van der Waals surface area contributed by atoms with Gasteiger partial charge in [-0.1, -0.05) is 6.07 Å². The minimum Gasteiger partial charge on any atom is -0.365 e. The summed E-state index contributed by atoms with van der Waals surface area (Å²) < 4.78 is 37.0. The predicted molar refractivity (Wildman–Crippen MR) is 75.8 cm³/mol. The van der Waals surface area contributed by atoms with Gasteiger partial charge in [0, 0.05) is 24.6 Å². The Morgan fingerprint density at radius 1 is 1.38 bits per heavy atom. The molecule has 108 valence electrons. The first-order chi connectivity index (χ1) is 9.91. The minimum absolute atomic E-state index is 0.0547. The molecular formula is C14H12FN3O2S. The summed E-state index contributed by atoms with van der Waals surface area (Å²) in [5.74, 6) is -0.359. The number of halogens is 1. The highest BCUT2D eigenvalue weighted by molar-refractivity contribution is 7.90. The van der Waals surface area contributed by atoms with Crippen molar-refractivity contribution in [1.82, 2.24) is 4.98 Å². The van der Waals surface area contributed by atoms with Gasteiger partial charge in [-0.3, -0.25) is 0 Å². The van der Waals surface area contributed by atoms with E-state index >= 15 is 0 Å². The molecule has 0 unspecified atom stereocenters. The van der Waals surface area contributed by atoms with E-state index in [9.17, 15) is 12.8 Å². The van der Waals surface area contributed by atoms with E-state index in [1.165, 1.54) is 30.5 Å². The Labute approximate surface area is 122 Å². The Balaban J connectivity index is 2.24. The molecule has 0 aliphatic rings. The molecule has 1 aromatic carbocycles. The maximum atomic E-state index is 13.7. The SMILES string of the molecule is CS(=O)(=O)c1cccnc1NCc1ccc(C#N)cc1F. The van der Waals surface area contributed by atoms with E-state index in [2.05, 4.69) is 10.3 Å². The zero-order chi connectivity index (χ0) is 15.5. The van der Waals surface area contributed by atoms with Crippen LogP contribution < -0.4 is 5.32 Å². The number of anilines is 1. The van der Waals surface area contributed by atoms with Crippen molar-refractivity contribution in [3.8, 4) is 6.07 Å². The van der Waals surface area contributed by atoms with E-state index < -0.39 is 15.7 Å². The van der Waals surface area contributed by atoms with Crippen molar-refractivity contribution in [2.75, 3.05) is 11.6 Å². The highest BCUT2D eigenvalue weighted by atomic mass is 32.2. The largest absolute Gasteiger partial charge is 0.365 e. The second-order valence-corrected chi connectivity index (χ2v) is 6.38. The fourth-order valence-electron chi connectivity index (χ4n) is 1.76. The molecule has 1 N–H and O–H groups in total. The second kappa shape index (κ2) is 5.89. The number of benzene rings is 1. The Bertz CT molecular complexity index is 813. The van der Waals surface area contributed by atoms with E-state index in [-0.39, 0.29) is 22.8 Å². The summed E-state index contributed by atoms with van der Waals surface area (Å²) in [5, 5.41) is 11.5. The summed E-state index contributed by atoms with van der Waals surface area (Å²) in [6.07, 6.45) is 2.53. The summed E-state index contributed by atoms with van der Waals surface area (Å²) >= 11 is 0. The third-order valence-electron chi connectivity index (χ3n) is 2.80. The number of sulfone groups is 1. The molecule has 0 fully saturated rings. The number of nitrogens with zero attached hydrogens (tertiary/aromatic N) is 2. The Morgan fingerprint density at radius 3 is 2.76 bits per heavy atom. The van der Waals surface area contributed by atoms with Crippen molar-refractivity contribution in [3.05, 3.63) is 53.5 Å². The molecule has 1 heterocycles. The van der Waals surface area contributed by atoms with Crippen LogP contribution in [0.3, 0.4) is 0 Å². The zero-order valence-electron chi connectivity index (χ0n) is 11.2. The monoisotopic (exact) mass is 305 g/mol. The molecule has 0 aliphatic carbocycles. The normalized spacial score (nSPS) is 10.9. The topological polar surface area (TPSA) is 82.8 Å². The van der Waals surface area contributed by atoms with Gasteiger partial charge in [0.2, 0.25) is 0 Å². The van der Waals surface area contributed by atoms with E-state index in [1.807, 2.05) is 6.07 Å². The average molecular weight is 305 g/mol. The third kappa shape index (κ3) is 3.55. The molecule has 0 atom stereocenters. The number of nitrogens with one attached hydrogen (secondary N) is 1. The Morgan fingerprint density at radius 2 is 2.14 bits per heavy atom. The van der Waals surface area contributed by atoms with Crippen molar-refractivity contribution >= 4 is 15.7 Å². The maximum Gasteiger partial charge on any atom is 0.179 e. The Kier molecular flexibility index (Phi) is 4.19. The summed E-state index contributed by atoms with van der Waals surface area (Å²) in [7, 11) is -3.42. The van der Waals surface area contributed by atoms with Crippen LogP contribution in [0.25, 0.3) is 0 Å². The standard InChI is InChI=1S/C14H12FN3O2S/c1-21(19,20)13-3-2-6-17-14(13)18-9-11-5-4-10(8-16)7-12(11)15/h2-7H,9H2,1H3,(H,17,18). The second-order valence-electron chi connectivity index (χ2n) is 4.39. The molecule has 7 heteroatoms. The number of hydrogen-bond donors (Lipinski definition) is 1. The molecular weight excluding hydrogens is 293 g/mol. The molecule has 2 aromatic rings. The molecule has 0 aliphatic heterocycles. The summed E-state index contributed by atoms with van der Waals surface area (Å²) in [5.41, 5.74) is 0.546. The minimum atomic E-state index is -3.42. The van der Waals surface area contributed by atoms with Gasteiger partial charge in [-0.25, -0.2) is 17.8 Å². The van der Waals surface area contributed by atoms with Gasteiger partial charge in [0.15, 0.2) is 9.84 Å². The molecule has 0 radical (unpaired) electrons. The smallest absolute Gasteiger partial charge is 0.179 e. The van der Waals surface area contributed by atoms with Crippen LogP contribution in [-0.4, -0.2) is 19.7 Å². The van der Waals surface area contributed by atoms with Gasteiger partial charge in [-0.15, -0.1) is 0 Å². The molecule has 0 saturated carbocycles. The van der Waals surface area contributed by atoms with E-state index in [1.54, 1.807) is 0 Å². The number of nitriles is 1. The van der Waals surface area contributed by atoms with Crippen LogP contribution in [0.5, 0.6) is 0 Å². The summed E-state index contributed by atoms with van der Waals surface area (Å²) in [6.45, 7) is 0.0665. The number of hydrogen-bond acceptors (Lipinski definition) is 5. The fraction of sp³-hybridized carbons (Fsp3) is 0.143. The summed E-state index contributed by atoms with van der Waals surface area (Å²) in [4.78, 5) is 4.01. The number of aromatic nitrogens is 1. The number of rotatable bonds is 4. The fourth-order valence-corrected chi connectivity index (χ4v) is 2.56. The predicted octanol–water partition coefficient (Wildman–Crippen LogP) is 2.11. The van der Waals surface area contributed by atoms with Crippen LogP contribution in [-0.2, 0) is 16.4 Å². The van der Waals surface area contributed by atoms with Crippen molar-refractivity contribution in [1.29, 1.82) is 5.26 Å². The first-order valence-electron chi connectivity index (χ1n) is 5.99. The Hall–Kier alpha value is -2.46. The van der Waals surface area contributed by atoms with Gasteiger partial charge in [-0.05, 0) is 24.3 Å². The molecule has 0 saturated heterocycles. The average Bonchev–Trinajstić information content (AvgIpc) is 2.45. The lowest BCUT2D eigenvalue weighted by Crippen LogP contribution is -2.08. The lowest BCUT2D eigenvalue weighted by atomic mass is 10.1. The van der Waals surface area contributed by atoms with Crippen molar-refractivity contribution in [2.24, 2.45) is 0 Å². The third-order valence-corrected chi connectivity index (χ3v) is 3.93. The van der Waals surface area contributed by atoms with Gasteiger partial charge >= 0.3 is 0 Å². The lowest BCUT2D eigenvalue weighted by Gasteiger charge is -2.10. The quantitative estimate of drug-likeness (QED) is 0.935. The molecule has 2 rings (SSSR count). The van der Waals surface area contributed by atoms with Gasteiger partial charge in [-0.2, -0.15) is 5.26 Å². The first-order valence-corrected chi connectivity index (χ1v) is 7.88. The van der Waals surface area contributed by atoms with Gasteiger partial charge < -0.3 is 5.32 Å². The van der Waals surface area contributed by atoms with Crippen molar-refractivity contribution in [2.45, 2.75) is 11.4 Å². The van der Waals surface area contributed by atoms with E-state index in [0.717, 1.165) is 12.3 Å². The van der Waals surface area contributed by atoms with Crippen molar-refractivity contribution < 1.29 is 12.8 Å². The molecule has 0 spiro atoms. The van der Waals surface area contributed by atoms with Gasteiger partial charge in [0.05, 0.1) is 11.6 Å². The molecule has 5 nitrogen and oxygen atoms in total. The van der Waals surface area contributed by atoms with Crippen LogP contribution >= 0.6 is 0 Å². The van der Waals surface area contributed by atoms with Crippen LogP contribution in [0.1, 0.15) is 11.1 Å². The van der Waals surface area contributed by atoms with Gasteiger partial charge in [0.1, 0.15) is 16.5 Å². The first kappa shape index (κ1) is 14.9. The van der Waals surface area contributed by atoms with Crippen LogP contribution in [0, 0.1) is 17.1 Å². The van der Waals surface area contributed by atoms with Gasteiger partial charge in [0.25, 0.3) is 0 Å².